The molecular weight excluding hydrogens is 260 g/mol. The van der Waals surface area contributed by atoms with Crippen LogP contribution in [0.2, 0.25) is 0 Å². The maximum absolute atomic E-state index is 2.20. The normalized spacial score (nSPS) is 8.94. The zero-order valence-electron chi connectivity index (χ0n) is 10.4. The van der Waals surface area contributed by atoms with E-state index in [-0.39, 0.29) is 17.1 Å². The van der Waals surface area contributed by atoms with Gasteiger partial charge in [0.2, 0.25) is 0 Å². The van der Waals surface area contributed by atoms with Crippen molar-refractivity contribution >= 4 is 0 Å². The zero-order valence-corrected chi connectivity index (χ0v) is 11.5. The first-order chi connectivity index (χ1) is 8.36. The van der Waals surface area contributed by atoms with Crippen LogP contribution in [0.1, 0.15) is 5.56 Å². The summed E-state index contributed by atoms with van der Waals surface area (Å²) in [5, 5.41) is 0. The van der Waals surface area contributed by atoms with Crippen LogP contribution in [0.3, 0.4) is 0 Å². The van der Waals surface area contributed by atoms with E-state index in [1.165, 1.54) is 16.7 Å². The molecule has 1 heteroatoms. The van der Waals surface area contributed by atoms with E-state index < -0.39 is 0 Å². The third-order valence-electron chi connectivity index (χ3n) is 2.57. The minimum Gasteiger partial charge on any atom is -0.214 e. The van der Waals surface area contributed by atoms with Gasteiger partial charge in [-0.05, 0) is 6.92 Å². The summed E-state index contributed by atoms with van der Waals surface area (Å²) in [4.78, 5) is 0. The molecule has 18 heavy (non-hydrogen) atoms. The van der Waals surface area contributed by atoms with Crippen LogP contribution < -0.4 is 0 Å². The molecule has 3 aromatic rings. The fourth-order valence-corrected chi connectivity index (χ4v) is 1.71. The summed E-state index contributed by atoms with van der Waals surface area (Å²) in [6, 6.07) is 27.0. The molecule has 3 aromatic carbocycles. The van der Waals surface area contributed by atoms with E-state index in [0.29, 0.717) is 0 Å². The van der Waals surface area contributed by atoms with E-state index in [0.717, 1.165) is 0 Å². The number of aryl methyl sites for hydroxylation is 1. The predicted octanol–water partition coefficient (Wildman–Crippen LogP) is 4.78. The Kier molecular flexibility index (Phi) is 6.21. The minimum absolute atomic E-state index is 0. The fourth-order valence-electron chi connectivity index (χ4n) is 1.71. The summed E-state index contributed by atoms with van der Waals surface area (Å²) in [6.45, 7) is 2.12. The van der Waals surface area contributed by atoms with Gasteiger partial charge in [0.25, 0.3) is 0 Å². The molecular formula is C17H16Fe. The second-order valence-electron chi connectivity index (χ2n) is 4.01. The minimum atomic E-state index is 0. The van der Waals surface area contributed by atoms with Gasteiger partial charge in [-0.15, -0.1) is 6.07 Å². The van der Waals surface area contributed by atoms with E-state index in [1.54, 1.807) is 0 Å². The summed E-state index contributed by atoms with van der Waals surface area (Å²) in [5.74, 6) is 0. The molecule has 0 unspecified atom stereocenters. The third kappa shape index (κ3) is 4.37. The Bertz CT molecular complexity index is 501. The topological polar surface area (TPSA) is 0 Å². The van der Waals surface area contributed by atoms with Gasteiger partial charge < -0.3 is 0 Å². The first-order valence-corrected chi connectivity index (χ1v) is 5.82. The van der Waals surface area contributed by atoms with Crippen molar-refractivity contribution in [2.24, 2.45) is 0 Å². The smallest absolute Gasteiger partial charge is 0.214 e. The van der Waals surface area contributed by atoms with Gasteiger partial charge >= 0.3 is 17.1 Å². The van der Waals surface area contributed by atoms with Crippen molar-refractivity contribution in [2.75, 3.05) is 0 Å². The second-order valence-corrected chi connectivity index (χ2v) is 4.01. The van der Waals surface area contributed by atoms with Crippen LogP contribution in [0.4, 0.5) is 0 Å². The first-order valence-electron chi connectivity index (χ1n) is 5.82. The Morgan fingerprint density at radius 3 is 2.11 bits per heavy atom. The standard InChI is InChI=1S/C12H11.C5H5.Fe/c1-10-5-4-8-12(9-10)11-6-2-3-7-11;1-2-4-5-3-1;/h2-9H,1H3;1-5H;/q2*-1;+2. The van der Waals surface area contributed by atoms with Gasteiger partial charge in [0.05, 0.1) is 0 Å². The maximum Gasteiger partial charge on any atom is 2.00 e. The van der Waals surface area contributed by atoms with Gasteiger partial charge in [-0.1, -0.05) is 35.4 Å². The van der Waals surface area contributed by atoms with Gasteiger partial charge in [-0.3, -0.25) is 0 Å². The van der Waals surface area contributed by atoms with Crippen molar-refractivity contribution in [2.45, 2.75) is 6.92 Å². The van der Waals surface area contributed by atoms with Crippen LogP contribution >= 0.6 is 0 Å². The van der Waals surface area contributed by atoms with E-state index in [2.05, 4.69) is 55.5 Å². The molecule has 0 N–H and O–H groups in total. The van der Waals surface area contributed by atoms with E-state index in [9.17, 15) is 0 Å². The molecule has 0 saturated carbocycles. The molecule has 3 rings (SSSR count). The summed E-state index contributed by atoms with van der Waals surface area (Å²) >= 11 is 0. The molecule has 0 heterocycles. The Balaban J connectivity index is 0.000000230. The second kappa shape index (κ2) is 7.71. The van der Waals surface area contributed by atoms with Crippen molar-refractivity contribution in [3.05, 3.63) is 84.4 Å². The van der Waals surface area contributed by atoms with Gasteiger partial charge in [-0.2, -0.15) is 42.0 Å². The largest absolute Gasteiger partial charge is 2.00 e. The molecule has 0 spiro atoms. The van der Waals surface area contributed by atoms with Crippen molar-refractivity contribution in [1.82, 2.24) is 0 Å². The number of hydrogen-bond acceptors (Lipinski definition) is 0. The molecule has 0 radical (unpaired) electrons. The van der Waals surface area contributed by atoms with Crippen LogP contribution in [0.15, 0.2) is 78.9 Å². The molecule has 0 aromatic heterocycles. The molecule has 92 valence electrons. The Morgan fingerprint density at radius 1 is 0.833 bits per heavy atom. The van der Waals surface area contributed by atoms with Crippen molar-refractivity contribution in [3.8, 4) is 11.1 Å². The third-order valence-corrected chi connectivity index (χ3v) is 2.57. The van der Waals surface area contributed by atoms with Crippen LogP contribution in [-0.4, -0.2) is 0 Å². The van der Waals surface area contributed by atoms with E-state index in [4.69, 9.17) is 0 Å². The number of rotatable bonds is 1. The quantitative estimate of drug-likeness (QED) is 0.443. The fraction of sp³-hybridized carbons (Fsp3) is 0.0588. The van der Waals surface area contributed by atoms with Crippen molar-refractivity contribution < 1.29 is 17.1 Å². The Labute approximate surface area is 119 Å². The molecule has 0 aliphatic rings. The summed E-state index contributed by atoms with van der Waals surface area (Å²) in [5.41, 5.74) is 3.92. The van der Waals surface area contributed by atoms with Crippen LogP contribution in [-0.2, 0) is 17.1 Å². The number of hydrogen-bond donors (Lipinski definition) is 0. The molecule has 0 nitrogen and oxygen atoms in total. The number of benzene rings is 1. The van der Waals surface area contributed by atoms with Gasteiger partial charge in [-0.25, -0.2) is 12.1 Å². The van der Waals surface area contributed by atoms with Crippen LogP contribution in [0, 0.1) is 6.92 Å². The molecule has 0 aliphatic carbocycles. The average Bonchev–Trinajstić information content (AvgIpc) is 3.06. The van der Waals surface area contributed by atoms with Crippen LogP contribution in [0.25, 0.3) is 11.1 Å². The summed E-state index contributed by atoms with van der Waals surface area (Å²) in [7, 11) is 0. The van der Waals surface area contributed by atoms with Crippen molar-refractivity contribution in [1.29, 1.82) is 0 Å². The molecule has 0 atom stereocenters. The molecule has 0 saturated heterocycles. The molecule has 0 amide bonds. The van der Waals surface area contributed by atoms with Gasteiger partial charge in [0, 0.05) is 0 Å². The summed E-state index contributed by atoms with van der Waals surface area (Å²) < 4.78 is 0. The summed E-state index contributed by atoms with van der Waals surface area (Å²) in [6.07, 6.45) is 0. The molecule has 0 bridgehead atoms. The molecule has 0 aliphatic heterocycles. The first kappa shape index (κ1) is 14.5. The van der Waals surface area contributed by atoms with E-state index >= 15 is 0 Å². The monoisotopic (exact) mass is 276 g/mol. The Morgan fingerprint density at radius 2 is 1.61 bits per heavy atom. The zero-order chi connectivity index (χ0) is 11.9. The van der Waals surface area contributed by atoms with Gasteiger partial charge in [0.15, 0.2) is 0 Å². The average molecular weight is 276 g/mol. The predicted molar refractivity (Wildman–Crippen MR) is 74.2 cm³/mol. The van der Waals surface area contributed by atoms with Crippen LogP contribution in [0.5, 0.6) is 0 Å². The van der Waals surface area contributed by atoms with Crippen molar-refractivity contribution in [3.63, 3.8) is 0 Å². The van der Waals surface area contributed by atoms with Gasteiger partial charge in [0.1, 0.15) is 0 Å². The SMILES string of the molecule is Cc1cccc(-c2ccc[cH-]2)c1.[Fe+2].c1cc[cH-]c1. The maximum atomic E-state index is 2.20. The van der Waals surface area contributed by atoms with E-state index in [1.807, 2.05) is 30.3 Å². The Hall–Kier alpha value is -1.56. The molecule has 0 fully saturated rings.